The third-order valence-electron chi connectivity index (χ3n) is 5.87. The predicted octanol–water partition coefficient (Wildman–Crippen LogP) is 5.30. The summed E-state index contributed by atoms with van der Waals surface area (Å²) in [6, 6.07) is 16.5. The number of pyridine rings is 3. The standard InChI is InChI=1S/C26H21N7/c1-33(2)19-10-18(14-28-15-19)16-5-6-23-20(11-16)26(32-31-23)24-12-21-22(30-24)7-9-29-25(21)17-4-3-8-27-13-17/h3-15,30H,1-2H3,(H,31,32). The Hall–Kier alpha value is -4.52. The zero-order chi connectivity index (χ0) is 22.4. The van der Waals surface area contributed by atoms with Crippen LogP contribution in [0.25, 0.3) is 55.6 Å². The molecule has 7 heteroatoms. The summed E-state index contributed by atoms with van der Waals surface area (Å²) in [6.45, 7) is 0. The molecule has 0 radical (unpaired) electrons. The summed E-state index contributed by atoms with van der Waals surface area (Å²) in [6.07, 6.45) is 9.17. The second kappa shape index (κ2) is 7.56. The highest BCUT2D eigenvalue weighted by Crippen LogP contribution is 2.34. The summed E-state index contributed by atoms with van der Waals surface area (Å²) in [7, 11) is 4.03. The molecule has 0 aliphatic heterocycles. The van der Waals surface area contributed by atoms with Crippen molar-refractivity contribution in [3.05, 3.63) is 79.5 Å². The minimum Gasteiger partial charge on any atom is -0.376 e. The third kappa shape index (κ3) is 3.30. The van der Waals surface area contributed by atoms with Crippen molar-refractivity contribution in [2.45, 2.75) is 0 Å². The van der Waals surface area contributed by atoms with Gasteiger partial charge in [0.25, 0.3) is 0 Å². The first-order chi connectivity index (χ1) is 16.2. The topological polar surface area (TPSA) is 86.4 Å². The molecular formula is C26H21N7. The maximum atomic E-state index is 4.63. The molecule has 2 N–H and O–H groups in total. The minimum absolute atomic E-state index is 0.872. The largest absolute Gasteiger partial charge is 0.376 e. The van der Waals surface area contributed by atoms with Gasteiger partial charge in [-0.15, -0.1) is 0 Å². The molecule has 0 unspecified atom stereocenters. The quantitative estimate of drug-likeness (QED) is 0.396. The fourth-order valence-corrected chi connectivity index (χ4v) is 4.14. The fourth-order valence-electron chi connectivity index (χ4n) is 4.14. The Bertz CT molecular complexity index is 1600. The summed E-state index contributed by atoms with van der Waals surface area (Å²) in [4.78, 5) is 18.8. The molecule has 0 bridgehead atoms. The van der Waals surface area contributed by atoms with E-state index in [-0.39, 0.29) is 0 Å². The Morgan fingerprint density at radius 1 is 0.727 bits per heavy atom. The number of aromatic nitrogens is 6. The molecule has 6 aromatic rings. The highest BCUT2D eigenvalue weighted by molar-refractivity contribution is 6.00. The zero-order valence-corrected chi connectivity index (χ0v) is 18.2. The molecular weight excluding hydrogens is 410 g/mol. The maximum absolute atomic E-state index is 4.63. The van der Waals surface area contributed by atoms with Gasteiger partial charge in [0, 0.05) is 66.3 Å². The number of hydrogen-bond donors (Lipinski definition) is 2. The molecule has 0 fully saturated rings. The Morgan fingerprint density at radius 3 is 2.45 bits per heavy atom. The predicted molar refractivity (Wildman–Crippen MR) is 132 cm³/mol. The van der Waals surface area contributed by atoms with Crippen LogP contribution in [0.3, 0.4) is 0 Å². The van der Waals surface area contributed by atoms with Crippen molar-refractivity contribution >= 4 is 27.5 Å². The van der Waals surface area contributed by atoms with Crippen molar-refractivity contribution < 1.29 is 0 Å². The lowest BCUT2D eigenvalue weighted by atomic mass is 10.0. The maximum Gasteiger partial charge on any atom is 0.116 e. The van der Waals surface area contributed by atoms with Crippen LogP contribution in [0, 0.1) is 0 Å². The van der Waals surface area contributed by atoms with Crippen LogP contribution in [0.15, 0.2) is 79.5 Å². The van der Waals surface area contributed by atoms with E-state index in [4.69, 9.17) is 0 Å². The molecule has 0 aliphatic rings. The number of aromatic amines is 2. The smallest absolute Gasteiger partial charge is 0.116 e. The van der Waals surface area contributed by atoms with Gasteiger partial charge in [0.2, 0.25) is 0 Å². The van der Waals surface area contributed by atoms with Crippen LogP contribution in [-0.4, -0.2) is 44.2 Å². The molecule has 160 valence electrons. The molecule has 0 atom stereocenters. The van der Waals surface area contributed by atoms with E-state index >= 15 is 0 Å². The summed E-state index contributed by atoms with van der Waals surface area (Å²) in [5.74, 6) is 0. The number of hydrogen-bond acceptors (Lipinski definition) is 5. The van der Waals surface area contributed by atoms with Crippen molar-refractivity contribution in [2.75, 3.05) is 19.0 Å². The number of nitrogens with one attached hydrogen (secondary N) is 2. The molecule has 0 amide bonds. The van der Waals surface area contributed by atoms with Crippen LogP contribution in [0.2, 0.25) is 0 Å². The average Bonchev–Trinajstić information content (AvgIpc) is 3.48. The summed E-state index contributed by atoms with van der Waals surface area (Å²) in [5, 5.41) is 9.88. The molecule has 6 rings (SSSR count). The van der Waals surface area contributed by atoms with E-state index in [9.17, 15) is 0 Å². The number of anilines is 1. The summed E-state index contributed by atoms with van der Waals surface area (Å²) >= 11 is 0. The highest BCUT2D eigenvalue weighted by atomic mass is 15.1. The van der Waals surface area contributed by atoms with Crippen LogP contribution < -0.4 is 4.90 Å². The highest BCUT2D eigenvalue weighted by Gasteiger charge is 2.15. The molecule has 5 aromatic heterocycles. The Kier molecular flexibility index (Phi) is 4.40. The van der Waals surface area contributed by atoms with Gasteiger partial charge in [-0.3, -0.25) is 20.1 Å². The first-order valence-electron chi connectivity index (χ1n) is 10.7. The van der Waals surface area contributed by atoms with Crippen LogP contribution >= 0.6 is 0 Å². The summed E-state index contributed by atoms with van der Waals surface area (Å²) < 4.78 is 0. The lowest BCUT2D eigenvalue weighted by Gasteiger charge is -2.13. The van der Waals surface area contributed by atoms with Gasteiger partial charge < -0.3 is 9.88 Å². The van der Waals surface area contributed by atoms with Gasteiger partial charge in [-0.25, -0.2) is 0 Å². The number of benzene rings is 1. The second-order valence-corrected chi connectivity index (χ2v) is 8.20. The van der Waals surface area contributed by atoms with E-state index in [1.807, 2.05) is 57.1 Å². The van der Waals surface area contributed by atoms with Crippen LogP contribution in [-0.2, 0) is 0 Å². The van der Waals surface area contributed by atoms with Gasteiger partial charge in [0.15, 0.2) is 0 Å². The number of nitrogens with zero attached hydrogens (tertiary/aromatic N) is 5. The number of rotatable bonds is 4. The van der Waals surface area contributed by atoms with Gasteiger partial charge >= 0.3 is 0 Å². The van der Waals surface area contributed by atoms with Gasteiger partial charge in [0.1, 0.15) is 5.69 Å². The third-order valence-corrected chi connectivity index (χ3v) is 5.87. The van der Waals surface area contributed by atoms with Crippen molar-refractivity contribution in [3.8, 4) is 33.8 Å². The number of H-pyrrole nitrogens is 2. The van der Waals surface area contributed by atoms with Crippen molar-refractivity contribution in [1.82, 2.24) is 30.1 Å². The van der Waals surface area contributed by atoms with Crippen LogP contribution in [0.1, 0.15) is 0 Å². The van der Waals surface area contributed by atoms with Gasteiger partial charge in [-0.1, -0.05) is 6.07 Å². The second-order valence-electron chi connectivity index (χ2n) is 8.20. The Morgan fingerprint density at radius 2 is 1.61 bits per heavy atom. The van der Waals surface area contributed by atoms with E-state index in [2.05, 4.69) is 65.4 Å². The van der Waals surface area contributed by atoms with Crippen LogP contribution in [0.4, 0.5) is 5.69 Å². The SMILES string of the molecule is CN(C)c1cncc(-c2ccc3[nH]nc(-c4cc5c(-c6cccnc6)nccc5[nH]4)c3c2)c1. The van der Waals surface area contributed by atoms with Crippen molar-refractivity contribution in [2.24, 2.45) is 0 Å². The summed E-state index contributed by atoms with van der Waals surface area (Å²) in [5.41, 5.74) is 8.90. The van der Waals surface area contributed by atoms with Crippen molar-refractivity contribution in [3.63, 3.8) is 0 Å². The molecule has 0 saturated heterocycles. The lowest BCUT2D eigenvalue weighted by molar-refractivity contribution is 1.11. The molecule has 0 aliphatic carbocycles. The van der Waals surface area contributed by atoms with Gasteiger partial charge in [-0.05, 0) is 48.0 Å². The lowest BCUT2D eigenvalue weighted by Crippen LogP contribution is -2.08. The zero-order valence-electron chi connectivity index (χ0n) is 18.2. The fraction of sp³-hybridized carbons (Fsp3) is 0.0769. The van der Waals surface area contributed by atoms with E-state index in [1.54, 1.807) is 6.20 Å². The molecule has 33 heavy (non-hydrogen) atoms. The average molecular weight is 432 g/mol. The Balaban J connectivity index is 1.48. The molecule has 5 heterocycles. The van der Waals surface area contributed by atoms with E-state index in [0.717, 1.165) is 61.3 Å². The monoisotopic (exact) mass is 431 g/mol. The number of fused-ring (bicyclic) bond motifs is 2. The van der Waals surface area contributed by atoms with E-state index in [0.29, 0.717) is 0 Å². The van der Waals surface area contributed by atoms with E-state index < -0.39 is 0 Å². The molecule has 7 nitrogen and oxygen atoms in total. The first kappa shape index (κ1) is 19.2. The molecule has 1 aromatic carbocycles. The van der Waals surface area contributed by atoms with Gasteiger partial charge in [-0.2, -0.15) is 5.10 Å². The minimum atomic E-state index is 0.872. The van der Waals surface area contributed by atoms with Crippen molar-refractivity contribution in [1.29, 1.82) is 0 Å². The first-order valence-corrected chi connectivity index (χ1v) is 10.7. The molecule has 0 spiro atoms. The normalized spacial score (nSPS) is 11.3. The Labute approximate surface area is 190 Å². The molecule has 0 saturated carbocycles. The van der Waals surface area contributed by atoms with Crippen LogP contribution in [0.5, 0.6) is 0 Å². The van der Waals surface area contributed by atoms with Gasteiger partial charge in [0.05, 0.1) is 28.8 Å². The van der Waals surface area contributed by atoms with E-state index in [1.165, 1.54) is 0 Å².